The number of hydrogen-bond donors (Lipinski definition) is 1. The van der Waals surface area contributed by atoms with E-state index in [9.17, 15) is 0 Å². The van der Waals surface area contributed by atoms with Crippen molar-refractivity contribution in [3.8, 4) is 0 Å². The predicted octanol–water partition coefficient (Wildman–Crippen LogP) is 1.14. The molecule has 1 aromatic rings. The molecule has 96 valence electrons. The van der Waals surface area contributed by atoms with Gasteiger partial charge in [-0.2, -0.15) is 0 Å². The summed E-state index contributed by atoms with van der Waals surface area (Å²) in [6.45, 7) is 5.57. The summed E-state index contributed by atoms with van der Waals surface area (Å²) in [5.41, 5.74) is 0.978. The molecule has 0 fully saturated rings. The standard InChI is InChI=1S/C12H21N3O2/c1-3-7-17-10-12-14-5-4-11(15-12)9-13-6-8-16-2/h4-5,13H,3,6-10H2,1-2H3. The van der Waals surface area contributed by atoms with Crippen molar-refractivity contribution in [3.05, 3.63) is 23.8 Å². The monoisotopic (exact) mass is 239 g/mol. The second kappa shape index (κ2) is 9.04. The van der Waals surface area contributed by atoms with E-state index in [4.69, 9.17) is 9.47 Å². The molecular weight excluding hydrogens is 218 g/mol. The van der Waals surface area contributed by atoms with Gasteiger partial charge in [0.25, 0.3) is 0 Å². The number of rotatable bonds is 9. The number of nitrogens with one attached hydrogen (secondary N) is 1. The van der Waals surface area contributed by atoms with Gasteiger partial charge in [0.1, 0.15) is 6.61 Å². The first-order valence-electron chi connectivity index (χ1n) is 5.95. The molecule has 0 aliphatic rings. The maximum atomic E-state index is 5.40. The van der Waals surface area contributed by atoms with Crippen molar-refractivity contribution < 1.29 is 9.47 Å². The van der Waals surface area contributed by atoms with Gasteiger partial charge in [-0.1, -0.05) is 6.92 Å². The van der Waals surface area contributed by atoms with E-state index in [1.54, 1.807) is 13.3 Å². The molecule has 0 aliphatic carbocycles. The quantitative estimate of drug-likeness (QED) is 0.655. The highest BCUT2D eigenvalue weighted by molar-refractivity contribution is 5.01. The van der Waals surface area contributed by atoms with E-state index in [2.05, 4.69) is 22.2 Å². The molecule has 0 saturated carbocycles. The van der Waals surface area contributed by atoms with Crippen LogP contribution in [0, 0.1) is 0 Å². The van der Waals surface area contributed by atoms with Crippen LogP contribution >= 0.6 is 0 Å². The molecule has 0 aliphatic heterocycles. The molecule has 5 nitrogen and oxygen atoms in total. The number of methoxy groups -OCH3 is 1. The van der Waals surface area contributed by atoms with Crippen LogP contribution in [0.4, 0.5) is 0 Å². The summed E-state index contributed by atoms with van der Waals surface area (Å²) in [4.78, 5) is 8.57. The van der Waals surface area contributed by atoms with Gasteiger partial charge in [-0.15, -0.1) is 0 Å². The topological polar surface area (TPSA) is 56.3 Å². The first-order valence-corrected chi connectivity index (χ1v) is 5.95. The van der Waals surface area contributed by atoms with Crippen molar-refractivity contribution in [2.45, 2.75) is 26.5 Å². The number of ether oxygens (including phenoxy) is 2. The second-order valence-corrected chi connectivity index (χ2v) is 3.69. The van der Waals surface area contributed by atoms with Gasteiger partial charge in [0, 0.05) is 33.0 Å². The molecule has 1 heterocycles. The Hall–Kier alpha value is -1.04. The fraction of sp³-hybridized carbons (Fsp3) is 0.667. The van der Waals surface area contributed by atoms with E-state index < -0.39 is 0 Å². The molecule has 0 aromatic carbocycles. The van der Waals surface area contributed by atoms with Gasteiger partial charge in [0.05, 0.1) is 12.3 Å². The third-order valence-corrected chi connectivity index (χ3v) is 2.13. The molecule has 0 atom stereocenters. The lowest BCUT2D eigenvalue weighted by atomic mass is 10.4. The minimum Gasteiger partial charge on any atom is -0.383 e. The summed E-state index contributed by atoms with van der Waals surface area (Å²) in [7, 11) is 1.69. The van der Waals surface area contributed by atoms with E-state index in [0.29, 0.717) is 13.2 Å². The van der Waals surface area contributed by atoms with Crippen LogP contribution < -0.4 is 5.32 Å². The van der Waals surface area contributed by atoms with Crippen LogP contribution in [-0.4, -0.2) is 36.8 Å². The summed E-state index contributed by atoms with van der Waals surface area (Å²) < 4.78 is 10.4. The van der Waals surface area contributed by atoms with Crippen molar-refractivity contribution >= 4 is 0 Å². The van der Waals surface area contributed by atoms with Crippen molar-refractivity contribution in [2.24, 2.45) is 0 Å². The van der Waals surface area contributed by atoms with Crippen molar-refractivity contribution in [2.75, 3.05) is 26.9 Å². The largest absolute Gasteiger partial charge is 0.383 e. The van der Waals surface area contributed by atoms with Crippen LogP contribution in [0.3, 0.4) is 0 Å². The zero-order valence-electron chi connectivity index (χ0n) is 10.6. The smallest absolute Gasteiger partial charge is 0.154 e. The van der Waals surface area contributed by atoms with E-state index in [-0.39, 0.29) is 0 Å². The van der Waals surface area contributed by atoms with Crippen LogP contribution in [-0.2, 0) is 22.6 Å². The Morgan fingerprint density at radius 3 is 3.00 bits per heavy atom. The Balaban J connectivity index is 2.31. The average Bonchev–Trinajstić information content (AvgIpc) is 2.36. The molecule has 0 saturated heterocycles. The lowest BCUT2D eigenvalue weighted by Crippen LogP contribution is -2.19. The minimum atomic E-state index is 0.486. The Morgan fingerprint density at radius 1 is 1.35 bits per heavy atom. The van der Waals surface area contributed by atoms with Crippen molar-refractivity contribution in [1.29, 1.82) is 0 Å². The van der Waals surface area contributed by atoms with E-state index in [0.717, 1.165) is 37.6 Å². The number of nitrogens with zero attached hydrogens (tertiary/aromatic N) is 2. The Labute approximate surface area is 103 Å². The van der Waals surface area contributed by atoms with Crippen molar-refractivity contribution in [3.63, 3.8) is 0 Å². The van der Waals surface area contributed by atoms with E-state index in [1.807, 2.05) is 6.07 Å². The van der Waals surface area contributed by atoms with Gasteiger partial charge in [-0.3, -0.25) is 0 Å². The molecule has 0 bridgehead atoms. The SMILES string of the molecule is CCCOCc1nccc(CNCCOC)n1. The highest BCUT2D eigenvalue weighted by Gasteiger charge is 1.99. The molecule has 1 rings (SSSR count). The first-order chi connectivity index (χ1) is 8.36. The Morgan fingerprint density at radius 2 is 2.24 bits per heavy atom. The lowest BCUT2D eigenvalue weighted by Gasteiger charge is -2.05. The molecular formula is C12H21N3O2. The molecule has 0 spiro atoms. The molecule has 0 amide bonds. The third-order valence-electron chi connectivity index (χ3n) is 2.13. The lowest BCUT2D eigenvalue weighted by molar-refractivity contribution is 0.116. The summed E-state index contributed by atoms with van der Waals surface area (Å²) in [6.07, 6.45) is 2.78. The van der Waals surface area contributed by atoms with Crippen LogP contribution in [0.1, 0.15) is 24.9 Å². The zero-order chi connectivity index (χ0) is 12.3. The second-order valence-electron chi connectivity index (χ2n) is 3.69. The maximum absolute atomic E-state index is 5.40. The minimum absolute atomic E-state index is 0.486. The summed E-state index contributed by atoms with van der Waals surface area (Å²) >= 11 is 0. The number of aromatic nitrogens is 2. The Kier molecular flexibility index (Phi) is 7.46. The highest BCUT2D eigenvalue weighted by atomic mass is 16.5. The Bertz CT molecular complexity index is 308. The molecule has 0 radical (unpaired) electrons. The van der Waals surface area contributed by atoms with Crippen LogP contribution in [0.2, 0.25) is 0 Å². The van der Waals surface area contributed by atoms with E-state index in [1.165, 1.54) is 0 Å². The fourth-order valence-electron chi connectivity index (χ4n) is 1.31. The molecule has 17 heavy (non-hydrogen) atoms. The number of hydrogen-bond acceptors (Lipinski definition) is 5. The molecule has 1 aromatic heterocycles. The van der Waals surface area contributed by atoms with Crippen molar-refractivity contribution in [1.82, 2.24) is 15.3 Å². The van der Waals surface area contributed by atoms with Crippen LogP contribution in [0.15, 0.2) is 12.3 Å². The van der Waals surface area contributed by atoms with Crippen LogP contribution in [0.5, 0.6) is 0 Å². The molecule has 1 N–H and O–H groups in total. The van der Waals surface area contributed by atoms with Gasteiger partial charge < -0.3 is 14.8 Å². The summed E-state index contributed by atoms with van der Waals surface area (Å²) in [5.74, 6) is 0.740. The van der Waals surface area contributed by atoms with Gasteiger partial charge >= 0.3 is 0 Å². The fourth-order valence-corrected chi connectivity index (χ4v) is 1.31. The van der Waals surface area contributed by atoms with Crippen LogP contribution in [0.25, 0.3) is 0 Å². The summed E-state index contributed by atoms with van der Waals surface area (Å²) in [6, 6.07) is 1.91. The maximum Gasteiger partial charge on any atom is 0.154 e. The normalized spacial score (nSPS) is 10.7. The van der Waals surface area contributed by atoms with Gasteiger partial charge in [0.2, 0.25) is 0 Å². The third kappa shape index (κ3) is 6.31. The average molecular weight is 239 g/mol. The summed E-state index contributed by atoms with van der Waals surface area (Å²) in [5, 5.41) is 3.24. The van der Waals surface area contributed by atoms with Gasteiger partial charge in [-0.25, -0.2) is 9.97 Å². The molecule has 5 heteroatoms. The first kappa shape index (κ1) is 14.0. The molecule has 0 unspecified atom stereocenters. The predicted molar refractivity (Wildman–Crippen MR) is 65.6 cm³/mol. The van der Waals surface area contributed by atoms with Gasteiger partial charge in [0.15, 0.2) is 5.82 Å². The zero-order valence-corrected chi connectivity index (χ0v) is 10.6. The highest BCUT2D eigenvalue weighted by Crippen LogP contribution is 1.98. The van der Waals surface area contributed by atoms with Gasteiger partial charge in [-0.05, 0) is 12.5 Å². The van der Waals surface area contributed by atoms with E-state index >= 15 is 0 Å².